The van der Waals surface area contributed by atoms with Gasteiger partial charge < -0.3 is 4.79 Å². The topological polar surface area (TPSA) is 30.0 Å². The van der Waals surface area contributed by atoms with Gasteiger partial charge in [-0.2, -0.15) is 0 Å². The summed E-state index contributed by atoms with van der Waals surface area (Å²) in [5.41, 5.74) is 2.29. The minimum absolute atomic E-state index is 0.706. The van der Waals surface area contributed by atoms with Gasteiger partial charge >= 0.3 is 0 Å². The molecule has 0 amide bonds. The molecule has 1 heterocycles. The summed E-state index contributed by atoms with van der Waals surface area (Å²) >= 11 is 0. The minimum Gasteiger partial charge on any atom is -0.316 e. The van der Waals surface area contributed by atoms with Gasteiger partial charge in [-0.25, -0.2) is 0 Å². The molecule has 1 aromatic rings. The quantitative estimate of drug-likeness (QED) is 0.465. The van der Waals surface area contributed by atoms with Gasteiger partial charge in [-0.05, 0) is 30.4 Å². The van der Waals surface area contributed by atoms with Crippen molar-refractivity contribution in [3.63, 3.8) is 0 Å². The summed E-state index contributed by atoms with van der Waals surface area (Å²) in [6.45, 7) is 1.99. The molecule has 2 nitrogen and oxygen atoms in total. The van der Waals surface area contributed by atoms with Crippen molar-refractivity contribution >= 4 is 13.5 Å². The second-order valence-corrected chi connectivity index (χ2v) is 2.38. The van der Waals surface area contributed by atoms with E-state index in [0.29, 0.717) is 6.32 Å². The fourth-order valence-electron chi connectivity index (χ4n) is 0.906. The lowest BCUT2D eigenvalue weighted by Gasteiger charge is -1.99. The molecule has 55 valence electrons. The molecule has 0 aliphatic heterocycles. The van der Waals surface area contributed by atoms with Crippen molar-refractivity contribution in [1.82, 2.24) is 4.98 Å². The average Bonchev–Trinajstić information content (AvgIpc) is 2.03. The van der Waals surface area contributed by atoms with E-state index >= 15 is 0 Å². The molecule has 11 heavy (non-hydrogen) atoms. The fraction of sp³-hybridized carbons (Fsp3) is 0.250. The Morgan fingerprint density at radius 3 is 3.18 bits per heavy atom. The first-order chi connectivity index (χ1) is 5.34. The van der Waals surface area contributed by atoms with E-state index in [0.717, 1.165) is 17.3 Å². The first kappa shape index (κ1) is 7.99. The van der Waals surface area contributed by atoms with Crippen LogP contribution in [0.3, 0.4) is 0 Å². The average molecular weight is 146 g/mol. The standard InChI is InChI=1S/C8H9BNO/c1-7-5-10-3-2-8(7)4-9-6-11/h2-3,5-6H,4H2,1H3. The molecule has 0 saturated carbocycles. The molecule has 0 spiro atoms. The summed E-state index contributed by atoms with van der Waals surface area (Å²) in [5.74, 6) is 0. The molecule has 0 aliphatic rings. The number of hydrogen-bond donors (Lipinski definition) is 0. The van der Waals surface area contributed by atoms with Crippen molar-refractivity contribution in [2.75, 3.05) is 0 Å². The Morgan fingerprint density at radius 1 is 1.73 bits per heavy atom. The number of aromatic nitrogens is 1. The molecule has 1 rings (SSSR count). The van der Waals surface area contributed by atoms with Crippen LogP contribution in [0, 0.1) is 6.92 Å². The highest BCUT2D eigenvalue weighted by Gasteiger charge is 1.96. The normalized spacial score (nSPS) is 9.18. The van der Waals surface area contributed by atoms with E-state index in [1.54, 1.807) is 19.7 Å². The Morgan fingerprint density at radius 2 is 2.55 bits per heavy atom. The van der Waals surface area contributed by atoms with E-state index < -0.39 is 0 Å². The zero-order valence-electron chi connectivity index (χ0n) is 6.45. The van der Waals surface area contributed by atoms with E-state index in [-0.39, 0.29) is 0 Å². The lowest BCUT2D eigenvalue weighted by molar-refractivity contribution is 0.568. The zero-order chi connectivity index (χ0) is 8.10. The van der Waals surface area contributed by atoms with Crippen LogP contribution in [0.15, 0.2) is 18.5 Å². The van der Waals surface area contributed by atoms with Crippen molar-refractivity contribution in [2.45, 2.75) is 13.2 Å². The van der Waals surface area contributed by atoms with Gasteiger partial charge in [0.15, 0.2) is 0 Å². The number of aryl methyl sites for hydroxylation is 1. The van der Waals surface area contributed by atoms with Crippen LogP contribution in [0.2, 0.25) is 0 Å². The molecule has 0 fully saturated rings. The molecule has 1 radical (unpaired) electrons. The maximum atomic E-state index is 10.0. The maximum Gasteiger partial charge on any atom is 0.202 e. The molecule has 1 aromatic heterocycles. The predicted octanol–water partition coefficient (Wildman–Crippen LogP) is 0.784. The van der Waals surface area contributed by atoms with Gasteiger partial charge in [-0.1, -0.05) is 0 Å². The summed E-state index contributed by atoms with van der Waals surface area (Å²) in [7, 11) is 1.60. The number of nitrogens with zero attached hydrogens (tertiary/aromatic N) is 1. The molecular weight excluding hydrogens is 137 g/mol. The predicted molar refractivity (Wildman–Crippen MR) is 45.2 cm³/mol. The Labute approximate surface area is 66.9 Å². The van der Waals surface area contributed by atoms with Crippen molar-refractivity contribution in [3.8, 4) is 0 Å². The van der Waals surface area contributed by atoms with Gasteiger partial charge in [0.05, 0.1) is 6.19 Å². The molecule has 0 aliphatic carbocycles. The fourth-order valence-corrected chi connectivity index (χ4v) is 0.906. The van der Waals surface area contributed by atoms with Crippen LogP contribution < -0.4 is 0 Å². The largest absolute Gasteiger partial charge is 0.316 e. The first-order valence-electron chi connectivity index (χ1n) is 3.51. The molecule has 0 unspecified atom stereocenters. The van der Waals surface area contributed by atoms with Crippen molar-refractivity contribution < 1.29 is 4.79 Å². The van der Waals surface area contributed by atoms with Gasteiger partial charge in [0.25, 0.3) is 0 Å². The third-order valence-electron chi connectivity index (χ3n) is 1.57. The monoisotopic (exact) mass is 146 g/mol. The molecule has 0 bridgehead atoms. The van der Waals surface area contributed by atoms with Crippen molar-refractivity contribution in [1.29, 1.82) is 0 Å². The summed E-state index contributed by atoms with van der Waals surface area (Å²) < 4.78 is 0. The molecule has 0 aromatic carbocycles. The van der Waals surface area contributed by atoms with Crippen molar-refractivity contribution in [3.05, 3.63) is 29.6 Å². The number of carbonyl (C=O) groups excluding carboxylic acids is 1. The molecule has 3 heteroatoms. The van der Waals surface area contributed by atoms with Gasteiger partial charge in [0.1, 0.15) is 0 Å². The Hall–Kier alpha value is -1.12. The third kappa shape index (κ3) is 2.18. The van der Waals surface area contributed by atoms with E-state index in [1.807, 2.05) is 13.0 Å². The highest BCUT2D eigenvalue weighted by atomic mass is 16.1. The van der Waals surface area contributed by atoms with Crippen LogP contribution in [0.4, 0.5) is 0 Å². The van der Waals surface area contributed by atoms with E-state index in [2.05, 4.69) is 4.98 Å². The second kappa shape index (κ2) is 3.91. The molecule has 0 atom stereocenters. The highest BCUT2D eigenvalue weighted by molar-refractivity contribution is 6.66. The Kier molecular flexibility index (Phi) is 2.84. The smallest absolute Gasteiger partial charge is 0.202 e. The summed E-state index contributed by atoms with van der Waals surface area (Å²) in [6, 6.07) is 1.93. The lowest BCUT2D eigenvalue weighted by Crippen LogP contribution is -1.99. The van der Waals surface area contributed by atoms with E-state index in [9.17, 15) is 4.79 Å². The molecular formula is C8H9BNO. The minimum atomic E-state index is 0.706. The van der Waals surface area contributed by atoms with Crippen LogP contribution in [0.25, 0.3) is 0 Å². The number of hydrogen-bond acceptors (Lipinski definition) is 2. The summed E-state index contributed by atoms with van der Waals surface area (Å²) in [5, 5.41) is 0. The maximum absolute atomic E-state index is 10.0. The van der Waals surface area contributed by atoms with Gasteiger partial charge in [-0.15, -0.1) is 0 Å². The first-order valence-corrected chi connectivity index (χ1v) is 3.51. The van der Waals surface area contributed by atoms with Gasteiger partial charge in [0, 0.05) is 12.4 Å². The third-order valence-corrected chi connectivity index (χ3v) is 1.57. The number of rotatable bonds is 3. The Bertz CT molecular complexity index is 250. The van der Waals surface area contributed by atoms with Crippen LogP contribution in [0.5, 0.6) is 0 Å². The van der Waals surface area contributed by atoms with Gasteiger partial charge in [-0.3, -0.25) is 4.98 Å². The van der Waals surface area contributed by atoms with Crippen LogP contribution >= 0.6 is 0 Å². The van der Waals surface area contributed by atoms with E-state index in [4.69, 9.17) is 0 Å². The van der Waals surface area contributed by atoms with Crippen LogP contribution in [0.1, 0.15) is 11.1 Å². The summed E-state index contributed by atoms with van der Waals surface area (Å²) in [6.07, 6.45) is 5.06. The number of carbonyl (C=O) groups is 1. The van der Waals surface area contributed by atoms with Crippen LogP contribution in [-0.4, -0.2) is 18.4 Å². The van der Waals surface area contributed by atoms with Crippen molar-refractivity contribution in [2.24, 2.45) is 0 Å². The SMILES string of the molecule is Cc1cnccc1C[B]C=O. The Balaban J connectivity index is 2.69. The molecule has 0 saturated heterocycles. The lowest BCUT2D eigenvalue weighted by atomic mass is 9.73. The second-order valence-electron chi connectivity index (χ2n) is 2.38. The van der Waals surface area contributed by atoms with E-state index in [1.165, 1.54) is 0 Å². The number of pyridine rings is 1. The molecule has 0 N–H and O–H groups in total. The van der Waals surface area contributed by atoms with Gasteiger partial charge in [0.2, 0.25) is 7.28 Å². The zero-order valence-corrected chi connectivity index (χ0v) is 6.45. The highest BCUT2D eigenvalue weighted by Crippen LogP contribution is 2.03. The summed E-state index contributed by atoms with van der Waals surface area (Å²) in [4.78, 5) is 14.0. The van der Waals surface area contributed by atoms with Crippen LogP contribution in [-0.2, 0) is 11.1 Å².